The summed E-state index contributed by atoms with van der Waals surface area (Å²) in [6.07, 6.45) is 1.43. The Labute approximate surface area is 175 Å². The summed E-state index contributed by atoms with van der Waals surface area (Å²) in [6, 6.07) is 20.3. The smallest absolute Gasteiger partial charge is 0.271 e. The van der Waals surface area contributed by atoms with Gasteiger partial charge in [0.15, 0.2) is 0 Å². The number of carbonyl (C=O) groups is 1. The molecule has 29 heavy (non-hydrogen) atoms. The molecule has 6 heteroatoms. The van der Waals surface area contributed by atoms with Gasteiger partial charge in [0.25, 0.3) is 5.91 Å². The first-order valence-corrected chi connectivity index (χ1v) is 9.68. The Morgan fingerprint density at radius 2 is 1.83 bits per heavy atom. The molecule has 1 amide bonds. The minimum atomic E-state index is -0.337. The van der Waals surface area contributed by atoms with Crippen molar-refractivity contribution in [1.29, 1.82) is 0 Å². The number of halogens is 1. The highest BCUT2D eigenvalue weighted by Crippen LogP contribution is 2.33. The van der Waals surface area contributed by atoms with Crippen molar-refractivity contribution in [3.05, 3.63) is 82.3 Å². The zero-order valence-electron chi connectivity index (χ0n) is 15.5. The molecule has 4 aromatic rings. The van der Waals surface area contributed by atoms with Crippen LogP contribution in [0.15, 0.2) is 76.3 Å². The number of hydrogen-bond donors (Lipinski definition) is 2. The Kier molecular flexibility index (Phi) is 5.18. The molecule has 0 saturated heterocycles. The summed E-state index contributed by atoms with van der Waals surface area (Å²) >= 11 is 3.51. The molecule has 0 unspecified atom stereocenters. The van der Waals surface area contributed by atoms with E-state index in [0.717, 1.165) is 26.4 Å². The van der Waals surface area contributed by atoms with Crippen molar-refractivity contribution >= 4 is 49.6 Å². The Hall–Kier alpha value is -3.38. The minimum absolute atomic E-state index is 0.110. The summed E-state index contributed by atoms with van der Waals surface area (Å²) in [5.74, 6) is 0.501. The fourth-order valence-corrected chi connectivity index (χ4v) is 3.83. The third-order valence-corrected chi connectivity index (χ3v) is 5.35. The molecule has 0 saturated carbocycles. The van der Waals surface area contributed by atoms with Crippen molar-refractivity contribution in [2.45, 2.75) is 0 Å². The molecule has 2 N–H and O–H groups in total. The highest BCUT2D eigenvalue weighted by atomic mass is 79.9. The second kappa shape index (κ2) is 7.93. The number of phenolic OH excluding ortho intramolecular Hbond substituents is 1. The summed E-state index contributed by atoms with van der Waals surface area (Å²) in [5, 5.41) is 17.9. The molecular weight excluding hydrogens is 432 g/mol. The lowest BCUT2D eigenvalue weighted by Crippen LogP contribution is -2.18. The quantitative estimate of drug-likeness (QED) is 0.331. The highest BCUT2D eigenvalue weighted by molar-refractivity contribution is 9.10. The fourth-order valence-electron chi connectivity index (χ4n) is 3.24. The van der Waals surface area contributed by atoms with Crippen molar-refractivity contribution in [3.8, 4) is 11.5 Å². The number of carbonyl (C=O) groups excluding carboxylic acids is 1. The van der Waals surface area contributed by atoms with E-state index in [1.807, 2.05) is 54.6 Å². The van der Waals surface area contributed by atoms with Crippen molar-refractivity contribution < 1.29 is 14.6 Å². The van der Waals surface area contributed by atoms with Gasteiger partial charge in [0.1, 0.15) is 11.5 Å². The molecule has 144 valence electrons. The van der Waals surface area contributed by atoms with Gasteiger partial charge in [0, 0.05) is 21.0 Å². The van der Waals surface area contributed by atoms with Crippen molar-refractivity contribution in [1.82, 2.24) is 5.43 Å². The van der Waals surface area contributed by atoms with E-state index in [-0.39, 0.29) is 11.7 Å². The zero-order chi connectivity index (χ0) is 20.4. The number of hydrogen-bond acceptors (Lipinski definition) is 4. The van der Waals surface area contributed by atoms with Crippen LogP contribution in [0, 0.1) is 0 Å². The van der Waals surface area contributed by atoms with E-state index in [4.69, 9.17) is 4.74 Å². The number of methoxy groups -OCH3 is 1. The average molecular weight is 449 g/mol. The summed E-state index contributed by atoms with van der Waals surface area (Å²) in [6.45, 7) is 0. The van der Waals surface area contributed by atoms with Gasteiger partial charge in [0.2, 0.25) is 0 Å². The zero-order valence-corrected chi connectivity index (χ0v) is 17.1. The number of aromatic hydroxyl groups is 1. The number of phenols is 1. The third kappa shape index (κ3) is 3.67. The van der Waals surface area contributed by atoms with Crippen molar-refractivity contribution in [2.75, 3.05) is 7.11 Å². The van der Waals surface area contributed by atoms with Gasteiger partial charge in [-0.25, -0.2) is 5.43 Å². The van der Waals surface area contributed by atoms with Crippen LogP contribution in [0.2, 0.25) is 0 Å². The van der Waals surface area contributed by atoms with Crippen LogP contribution >= 0.6 is 15.9 Å². The Bertz CT molecular complexity index is 1270. The van der Waals surface area contributed by atoms with E-state index in [0.29, 0.717) is 16.5 Å². The molecule has 4 aromatic carbocycles. The van der Waals surface area contributed by atoms with E-state index in [2.05, 4.69) is 26.5 Å². The van der Waals surface area contributed by atoms with Gasteiger partial charge in [-0.1, -0.05) is 52.3 Å². The SMILES string of the molecule is COc1ccc2c(C(=O)NN=Cc3cc(Br)c4ccccc4c3O)cccc2c1. The lowest BCUT2D eigenvalue weighted by atomic mass is 10.0. The van der Waals surface area contributed by atoms with Gasteiger partial charge in [-0.3, -0.25) is 4.79 Å². The predicted molar refractivity (Wildman–Crippen MR) is 119 cm³/mol. The van der Waals surface area contributed by atoms with Crippen LogP contribution in [-0.2, 0) is 0 Å². The van der Waals surface area contributed by atoms with Crippen LogP contribution < -0.4 is 10.2 Å². The fraction of sp³-hybridized carbons (Fsp3) is 0.0435. The van der Waals surface area contributed by atoms with Crippen molar-refractivity contribution in [3.63, 3.8) is 0 Å². The number of fused-ring (bicyclic) bond motifs is 2. The summed E-state index contributed by atoms with van der Waals surface area (Å²) < 4.78 is 6.07. The number of nitrogens with one attached hydrogen (secondary N) is 1. The molecular formula is C23H17BrN2O3. The maximum Gasteiger partial charge on any atom is 0.271 e. The van der Waals surface area contributed by atoms with Gasteiger partial charge >= 0.3 is 0 Å². The number of amides is 1. The first kappa shape index (κ1) is 19.0. The molecule has 0 spiro atoms. The lowest BCUT2D eigenvalue weighted by molar-refractivity contribution is 0.0956. The van der Waals surface area contributed by atoms with Crippen LogP contribution in [0.5, 0.6) is 11.5 Å². The second-order valence-electron chi connectivity index (χ2n) is 6.43. The molecule has 0 aliphatic heterocycles. The van der Waals surface area contributed by atoms with Gasteiger partial charge < -0.3 is 9.84 Å². The van der Waals surface area contributed by atoms with Gasteiger partial charge in [0.05, 0.1) is 13.3 Å². The summed E-state index contributed by atoms with van der Waals surface area (Å²) in [5.41, 5.74) is 3.54. The maximum absolute atomic E-state index is 12.6. The number of benzene rings is 4. The third-order valence-electron chi connectivity index (χ3n) is 4.70. The van der Waals surface area contributed by atoms with E-state index in [9.17, 15) is 9.90 Å². The molecule has 0 fully saturated rings. The molecule has 0 aliphatic rings. The first-order valence-electron chi connectivity index (χ1n) is 8.89. The lowest BCUT2D eigenvalue weighted by Gasteiger charge is -2.08. The molecule has 4 rings (SSSR count). The molecule has 0 bridgehead atoms. The minimum Gasteiger partial charge on any atom is -0.507 e. The summed E-state index contributed by atoms with van der Waals surface area (Å²) in [4.78, 5) is 12.6. The van der Waals surface area contributed by atoms with Crippen LogP contribution in [0.3, 0.4) is 0 Å². The van der Waals surface area contributed by atoms with Crippen LogP contribution in [0.25, 0.3) is 21.5 Å². The number of hydrazone groups is 1. The van der Waals surface area contributed by atoms with Gasteiger partial charge in [-0.2, -0.15) is 5.10 Å². The molecule has 0 atom stereocenters. The van der Waals surface area contributed by atoms with E-state index in [1.54, 1.807) is 19.2 Å². The number of ether oxygens (including phenoxy) is 1. The van der Waals surface area contributed by atoms with Gasteiger partial charge in [-0.15, -0.1) is 0 Å². The Morgan fingerprint density at radius 3 is 2.62 bits per heavy atom. The van der Waals surface area contributed by atoms with Crippen LogP contribution in [-0.4, -0.2) is 24.3 Å². The highest BCUT2D eigenvalue weighted by Gasteiger charge is 2.11. The maximum atomic E-state index is 12.6. The Balaban J connectivity index is 1.61. The average Bonchev–Trinajstić information content (AvgIpc) is 2.76. The second-order valence-corrected chi connectivity index (χ2v) is 7.29. The standard InChI is InChI=1S/C23H17BrN2O3/c1-29-16-9-10-17-14(11-16)5-4-8-20(17)23(28)26-25-13-15-12-21(24)18-6-2-3-7-19(18)22(15)27/h2-13,27H,1H3,(H,26,28). The molecule has 0 heterocycles. The molecule has 0 radical (unpaired) electrons. The topological polar surface area (TPSA) is 70.9 Å². The van der Waals surface area contributed by atoms with Crippen molar-refractivity contribution in [2.24, 2.45) is 5.10 Å². The van der Waals surface area contributed by atoms with Crippen LogP contribution in [0.4, 0.5) is 0 Å². The monoisotopic (exact) mass is 448 g/mol. The predicted octanol–water partition coefficient (Wildman–Crippen LogP) is 5.23. The summed E-state index contributed by atoms with van der Waals surface area (Å²) in [7, 11) is 1.60. The van der Waals surface area contributed by atoms with Crippen LogP contribution in [0.1, 0.15) is 15.9 Å². The number of rotatable bonds is 4. The van der Waals surface area contributed by atoms with E-state index in [1.165, 1.54) is 6.21 Å². The van der Waals surface area contributed by atoms with E-state index >= 15 is 0 Å². The number of nitrogens with zero attached hydrogens (tertiary/aromatic N) is 1. The molecule has 0 aromatic heterocycles. The Morgan fingerprint density at radius 1 is 1.03 bits per heavy atom. The van der Waals surface area contributed by atoms with E-state index < -0.39 is 0 Å². The molecule has 0 aliphatic carbocycles. The molecule has 5 nitrogen and oxygen atoms in total. The van der Waals surface area contributed by atoms with Gasteiger partial charge in [-0.05, 0) is 46.5 Å². The first-order chi connectivity index (χ1) is 14.1. The normalized spacial score (nSPS) is 11.2. The largest absolute Gasteiger partial charge is 0.507 e.